The van der Waals surface area contributed by atoms with Crippen molar-refractivity contribution >= 4 is 0 Å². The molecule has 2 aromatic carbocycles. The standard InChI is InChI=1S/C15H10N2/c1-11-8-14(6-7-15(11)10-17)13-4-2-12(9-16)3-5-13/h2-8H,1H3. The van der Waals surface area contributed by atoms with Gasteiger partial charge in [-0.05, 0) is 41.8 Å². The maximum absolute atomic E-state index is 8.86. The quantitative estimate of drug-likeness (QED) is 0.736. The summed E-state index contributed by atoms with van der Waals surface area (Å²) in [5.74, 6) is 0. The van der Waals surface area contributed by atoms with E-state index in [1.54, 1.807) is 12.1 Å². The van der Waals surface area contributed by atoms with Crippen molar-refractivity contribution in [3.8, 4) is 23.3 Å². The lowest BCUT2D eigenvalue weighted by atomic mass is 10.00. The Morgan fingerprint density at radius 2 is 1.47 bits per heavy atom. The van der Waals surface area contributed by atoms with E-state index in [0.29, 0.717) is 11.1 Å². The molecule has 0 saturated carbocycles. The zero-order valence-corrected chi connectivity index (χ0v) is 9.44. The minimum atomic E-state index is 0.652. The molecule has 0 atom stereocenters. The van der Waals surface area contributed by atoms with Crippen LogP contribution in [0.1, 0.15) is 16.7 Å². The third kappa shape index (κ3) is 2.17. The van der Waals surface area contributed by atoms with Crippen LogP contribution in [0.2, 0.25) is 0 Å². The Morgan fingerprint density at radius 1 is 0.824 bits per heavy atom. The fourth-order valence-electron chi connectivity index (χ4n) is 1.71. The first kappa shape index (κ1) is 10.9. The molecule has 0 N–H and O–H groups in total. The van der Waals surface area contributed by atoms with Crippen molar-refractivity contribution in [2.45, 2.75) is 6.92 Å². The average Bonchev–Trinajstić information content (AvgIpc) is 2.39. The number of hydrogen-bond donors (Lipinski definition) is 0. The van der Waals surface area contributed by atoms with Gasteiger partial charge in [-0.25, -0.2) is 0 Å². The summed E-state index contributed by atoms with van der Waals surface area (Å²) in [6, 6.07) is 17.4. The second-order valence-electron chi connectivity index (χ2n) is 3.83. The van der Waals surface area contributed by atoms with Crippen molar-refractivity contribution in [2.24, 2.45) is 0 Å². The Hall–Kier alpha value is -2.58. The fraction of sp³-hybridized carbons (Fsp3) is 0.0667. The van der Waals surface area contributed by atoms with Crippen molar-refractivity contribution in [3.05, 3.63) is 59.2 Å². The highest BCUT2D eigenvalue weighted by Gasteiger charge is 2.01. The van der Waals surface area contributed by atoms with E-state index >= 15 is 0 Å². The molecule has 0 fully saturated rings. The van der Waals surface area contributed by atoms with E-state index in [4.69, 9.17) is 10.5 Å². The molecule has 0 spiro atoms. The third-order valence-corrected chi connectivity index (χ3v) is 2.69. The fourth-order valence-corrected chi connectivity index (χ4v) is 1.71. The van der Waals surface area contributed by atoms with Crippen LogP contribution in [-0.4, -0.2) is 0 Å². The summed E-state index contributed by atoms with van der Waals surface area (Å²) >= 11 is 0. The van der Waals surface area contributed by atoms with Crippen LogP contribution >= 0.6 is 0 Å². The molecule has 0 bridgehead atoms. The number of aryl methyl sites for hydroxylation is 1. The van der Waals surface area contributed by atoms with Crippen LogP contribution in [-0.2, 0) is 0 Å². The lowest BCUT2D eigenvalue weighted by Gasteiger charge is -2.04. The van der Waals surface area contributed by atoms with Crippen LogP contribution in [0.15, 0.2) is 42.5 Å². The molecule has 2 nitrogen and oxygen atoms in total. The van der Waals surface area contributed by atoms with Crippen molar-refractivity contribution in [3.63, 3.8) is 0 Å². The Morgan fingerprint density at radius 3 is 2.00 bits per heavy atom. The van der Waals surface area contributed by atoms with Crippen LogP contribution in [0.4, 0.5) is 0 Å². The zero-order valence-electron chi connectivity index (χ0n) is 9.44. The third-order valence-electron chi connectivity index (χ3n) is 2.69. The normalized spacial score (nSPS) is 9.35. The number of rotatable bonds is 1. The number of nitrogens with zero attached hydrogens (tertiary/aromatic N) is 2. The van der Waals surface area contributed by atoms with E-state index in [1.165, 1.54) is 0 Å². The van der Waals surface area contributed by atoms with Gasteiger partial charge in [-0.1, -0.05) is 24.3 Å². The van der Waals surface area contributed by atoms with E-state index < -0.39 is 0 Å². The highest BCUT2D eigenvalue weighted by atomic mass is 14.2. The van der Waals surface area contributed by atoms with Gasteiger partial charge in [0, 0.05) is 0 Å². The maximum Gasteiger partial charge on any atom is 0.0994 e. The highest BCUT2D eigenvalue weighted by Crippen LogP contribution is 2.22. The Bertz CT molecular complexity index is 625. The summed E-state index contributed by atoms with van der Waals surface area (Å²) in [5, 5.41) is 17.6. The predicted octanol–water partition coefficient (Wildman–Crippen LogP) is 3.41. The SMILES string of the molecule is Cc1cc(-c2ccc(C#N)cc2)ccc1C#N. The molecule has 2 rings (SSSR count). The molecule has 0 aliphatic carbocycles. The van der Waals surface area contributed by atoms with Gasteiger partial charge in [-0.15, -0.1) is 0 Å². The zero-order chi connectivity index (χ0) is 12.3. The van der Waals surface area contributed by atoms with Crippen LogP contribution in [0, 0.1) is 29.6 Å². The van der Waals surface area contributed by atoms with Gasteiger partial charge in [0.05, 0.1) is 23.3 Å². The Kier molecular flexibility index (Phi) is 2.90. The minimum absolute atomic E-state index is 0.652. The lowest BCUT2D eigenvalue weighted by molar-refractivity contribution is 1.39. The summed E-state index contributed by atoms with van der Waals surface area (Å²) < 4.78 is 0. The van der Waals surface area contributed by atoms with Gasteiger partial charge in [-0.3, -0.25) is 0 Å². The van der Waals surface area contributed by atoms with Crippen LogP contribution < -0.4 is 0 Å². The average molecular weight is 218 g/mol. The summed E-state index contributed by atoms with van der Waals surface area (Å²) in [7, 11) is 0. The first-order valence-electron chi connectivity index (χ1n) is 5.26. The molecular weight excluding hydrogens is 208 g/mol. The molecule has 0 unspecified atom stereocenters. The van der Waals surface area contributed by atoms with Crippen LogP contribution in [0.3, 0.4) is 0 Å². The number of nitriles is 2. The van der Waals surface area contributed by atoms with E-state index in [0.717, 1.165) is 16.7 Å². The number of benzene rings is 2. The molecule has 0 amide bonds. The van der Waals surface area contributed by atoms with E-state index in [-0.39, 0.29) is 0 Å². The minimum Gasteiger partial charge on any atom is -0.192 e. The maximum atomic E-state index is 8.86. The Labute approximate surface area is 100 Å². The smallest absolute Gasteiger partial charge is 0.0994 e. The van der Waals surface area contributed by atoms with Crippen molar-refractivity contribution in [1.82, 2.24) is 0 Å². The predicted molar refractivity (Wildman–Crippen MR) is 66.0 cm³/mol. The summed E-state index contributed by atoms with van der Waals surface area (Å²) in [4.78, 5) is 0. The van der Waals surface area contributed by atoms with Gasteiger partial charge in [0.15, 0.2) is 0 Å². The van der Waals surface area contributed by atoms with E-state index in [2.05, 4.69) is 12.1 Å². The first-order valence-corrected chi connectivity index (χ1v) is 5.26. The molecule has 0 heterocycles. The highest BCUT2D eigenvalue weighted by molar-refractivity contribution is 5.66. The van der Waals surface area contributed by atoms with Crippen molar-refractivity contribution in [2.75, 3.05) is 0 Å². The van der Waals surface area contributed by atoms with Gasteiger partial charge in [0.25, 0.3) is 0 Å². The van der Waals surface area contributed by atoms with Crippen molar-refractivity contribution < 1.29 is 0 Å². The van der Waals surface area contributed by atoms with Gasteiger partial charge >= 0.3 is 0 Å². The van der Waals surface area contributed by atoms with Crippen molar-refractivity contribution in [1.29, 1.82) is 10.5 Å². The first-order chi connectivity index (χ1) is 8.24. The Balaban J connectivity index is 2.44. The molecule has 0 saturated heterocycles. The summed E-state index contributed by atoms with van der Waals surface area (Å²) in [6.07, 6.45) is 0. The molecule has 0 aliphatic heterocycles. The molecule has 0 radical (unpaired) electrons. The van der Waals surface area contributed by atoms with Crippen LogP contribution in [0.5, 0.6) is 0 Å². The molecular formula is C15H10N2. The van der Waals surface area contributed by atoms with E-state index in [1.807, 2.05) is 37.3 Å². The van der Waals surface area contributed by atoms with Gasteiger partial charge < -0.3 is 0 Å². The molecule has 0 aliphatic rings. The largest absolute Gasteiger partial charge is 0.192 e. The second-order valence-corrected chi connectivity index (χ2v) is 3.83. The van der Waals surface area contributed by atoms with Gasteiger partial charge in [0.2, 0.25) is 0 Å². The molecule has 0 aromatic heterocycles. The van der Waals surface area contributed by atoms with Crippen LogP contribution in [0.25, 0.3) is 11.1 Å². The summed E-state index contributed by atoms with van der Waals surface area (Å²) in [6.45, 7) is 1.92. The second kappa shape index (κ2) is 4.51. The molecule has 80 valence electrons. The molecule has 2 heteroatoms. The topological polar surface area (TPSA) is 47.6 Å². The molecule has 2 aromatic rings. The van der Waals surface area contributed by atoms with E-state index in [9.17, 15) is 0 Å². The monoisotopic (exact) mass is 218 g/mol. The lowest BCUT2D eigenvalue weighted by Crippen LogP contribution is -1.84. The number of hydrogen-bond acceptors (Lipinski definition) is 2. The van der Waals surface area contributed by atoms with Gasteiger partial charge in [-0.2, -0.15) is 10.5 Å². The molecule has 17 heavy (non-hydrogen) atoms. The van der Waals surface area contributed by atoms with Gasteiger partial charge in [0.1, 0.15) is 0 Å². The summed E-state index contributed by atoms with van der Waals surface area (Å²) in [5.41, 5.74) is 4.43.